The van der Waals surface area contributed by atoms with Crippen molar-refractivity contribution in [3.05, 3.63) is 12.2 Å². The summed E-state index contributed by atoms with van der Waals surface area (Å²) in [6, 6.07) is 0. The normalized spacial score (nSPS) is 49.4. The summed E-state index contributed by atoms with van der Waals surface area (Å²) in [5.41, 5.74) is 0.312. The second-order valence-electron chi connectivity index (χ2n) is 7.60. The van der Waals surface area contributed by atoms with E-state index in [0.717, 1.165) is 25.7 Å². The molecule has 0 N–H and O–H groups in total. The molecule has 2 saturated carbocycles. The molecule has 2 heterocycles. The van der Waals surface area contributed by atoms with Crippen LogP contribution in [0.5, 0.6) is 0 Å². The summed E-state index contributed by atoms with van der Waals surface area (Å²) in [7, 11) is 0. The Morgan fingerprint density at radius 3 is 2.82 bits per heavy atom. The molecule has 0 aromatic carbocycles. The highest BCUT2D eigenvalue weighted by atomic mass is 16.6. The lowest BCUT2D eigenvalue weighted by Gasteiger charge is -2.53. The van der Waals surface area contributed by atoms with E-state index in [9.17, 15) is 9.59 Å². The van der Waals surface area contributed by atoms with E-state index in [-0.39, 0.29) is 47.0 Å². The number of ether oxygens (including phenoxy) is 3. The van der Waals surface area contributed by atoms with Crippen LogP contribution in [0.4, 0.5) is 0 Å². The highest BCUT2D eigenvalue weighted by Crippen LogP contribution is 2.63. The van der Waals surface area contributed by atoms with Crippen LogP contribution in [0, 0.1) is 17.3 Å². The van der Waals surface area contributed by atoms with Gasteiger partial charge in [0.05, 0.1) is 6.61 Å². The maximum absolute atomic E-state index is 11.8. The van der Waals surface area contributed by atoms with Gasteiger partial charge in [-0.25, -0.2) is 4.79 Å². The van der Waals surface area contributed by atoms with Gasteiger partial charge in [0.15, 0.2) is 0 Å². The van der Waals surface area contributed by atoms with Crippen molar-refractivity contribution in [3.8, 4) is 0 Å². The second-order valence-corrected chi connectivity index (χ2v) is 7.60. The van der Waals surface area contributed by atoms with Crippen molar-refractivity contribution in [1.29, 1.82) is 0 Å². The van der Waals surface area contributed by atoms with Gasteiger partial charge in [-0.15, -0.1) is 0 Å². The van der Waals surface area contributed by atoms with Crippen LogP contribution in [0.2, 0.25) is 0 Å². The quantitative estimate of drug-likeness (QED) is 0.421. The minimum atomic E-state index is -0.352. The van der Waals surface area contributed by atoms with Crippen molar-refractivity contribution in [2.45, 2.75) is 57.3 Å². The molecule has 4 aliphatic rings. The molecule has 22 heavy (non-hydrogen) atoms. The summed E-state index contributed by atoms with van der Waals surface area (Å²) in [6.07, 6.45) is 3.27. The van der Waals surface area contributed by atoms with Crippen molar-refractivity contribution in [2.75, 3.05) is 6.61 Å². The van der Waals surface area contributed by atoms with Gasteiger partial charge in [-0.3, -0.25) is 4.79 Å². The monoisotopic (exact) mass is 306 g/mol. The molecule has 1 spiro atoms. The van der Waals surface area contributed by atoms with Gasteiger partial charge in [0, 0.05) is 24.3 Å². The van der Waals surface area contributed by atoms with E-state index in [2.05, 4.69) is 13.5 Å². The molecule has 2 saturated heterocycles. The zero-order valence-electron chi connectivity index (χ0n) is 13.1. The topological polar surface area (TPSA) is 65.1 Å². The highest BCUT2D eigenvalue weighted by molar-refractivity contribution is 5.90. The minimum Gasteiger partial charge on any atom is -0.459 e. The average molecular weight is 306 g/mol. The summed E-state index contributed by atoms with van der Waals surface area (Å²) in [5, 5.41) is 0. The predicted molar refractivity (Wildman–Crippen MR) is 76.8 cm³/mol. The Morgan fingerprint density at radius 2 is 2.18 bits per heavy atom. The van der Waals surface area contributed by atoms with E-state index in [4.69, 9.17) is 14.2 Å². The summed E-state index contributed by atoms with van der Waals surface area (Å²) in [4.78, 5) is 23.2. The van der Waals surface area contributed by atoms with Crippen LogP contribution in [-0.4, -0.2) is 36.4 Å². The Balaban J connectivity index is 1.64. The number of hydrogen-bond donors (Lipinski definition) is 0. The standard InChI is InChI=1S/C17H22O5/c1-9-11-6-13-16(3,7-12(11)22-15(9)19)5-4-14(21-10(2)18)17(13)8-20-17/h11-14H,1,4-8H2,2-3H3/t11-,12-,13-,14-,16-,17+/m1/s1. The highest BCUT2D eigenvalue weighted by Gasteiger charge is 2.69. The van der Waals surface area contributed by atoms with E-state index in [1.165, 1.54) is 6.92 Å². The molecular weight excluding hydrogens is 284 g/mol. The molecule has 2 aliphatic heterocycles. The molecule has 6 atom stereocenters. The molecule has 0 amide bonds. The zero-order chi connectivity index (χ0) is 15.7. The lowest BCUT2D eigenvalue weighted by molar-refractivity contribution is -0.168. The van der Waals surface area contributed by atoms with Crippen LogP contribution < -0.4 is 0 Å². The fourth-order valence-corrected chi connectivity index (χ4v) is 5.11. The summed E-state index contributed by atoms with van der Waals surface area (Å²) in [5.74, 6) is -0.131. The number of esters is 2. The third-order valence-electron chi connectivity index (χ3n) is 6.31. The van der Waals surface area contributed by atoms with Gasteiger partial charge in [-0.05, 0) is 31.1 Å². The smallest absolute Gasteiger partial charge is 0.334 e. The molecule has 2 aliphatic carbocycles. The molecule has 4 fully saturated rings. The number of hydrogen-bond acceptors (Lipinski definition) is 5. The number of rotatable bonds is 1. The van der Waals surface area contributed by atoms with Crippen LogP contribution in [-0.2, 0) is 23.8 Å². The summed E-state index contributed by atoms with van der Waals surface area (Å²) in [6.45, 7) is 8.27. The largest absolute Gasteiger partial charge is 0.459 e. The molecule has 120 valence electrons. The zero-order valence-corrected chi connectivity index (χ0v) is 13.1. The van der Waals surface area contributed by atoms with Crippen LogP contribution >= 0.6 is 0 Å². The third-order valence-corrected chi connectivity index (χ3v) is 6.31. The lowest BCUT2D eigenvalue weighted by atomic mass is 9.53. The molecule has 5 heteroatoms. The number of epoxide rings is 1. The molecule has 0 radical (unpaired) electrons. The van der Waals surface area contributed by atoms with Gasteiger partial charge in [-0.1, -0.05) is 13.5 Å². The number of carbonyl (C=O) groups excluding carboxylic acids is 2. The van der Waals surface area contributed by atoms with E-state index in [1.54, 1.807) is 0 Å². The lowest BCUT2D eigenvalue weighted by Crippen LogP contribution is -2.56. The first-order valence-electron chi connectivity index (χ1n) is 8.07. The molecule has 0 aromatic heterocycles. The molecule has 0 unspecified atom stereocenters. The van der Waals surface area contributed by atoms with Gasteiger partial charge in [0.2, 0.25) is 0 Å². The van der Waals surface area contributed by atoms with Crippen molar-refractivity contribution < 1.29 is 23.8 Å². The Kier molecular flexibility index (Phi) is 2.81. The molecule has 0 aromatic rings. The number of fused-ring (bicyclic) bond motifs is 3. The average Bonchev–Trinajstić information content (AvgIpc) is 3.17. The van der Waals surface area contributed by atoms with Gasteiger partial charge < -0.3 is 14.2 Å². The first-order valence-corrected chi connectivity index (χ1v) is 8.07. The van der Waals surface area contributed by atoms with Crippen LogP contribution in [0.1, 0.15) is 39.5 Å². The maximum atomic E-state index is 11.8. The van der Waals surface area contributed by atoms with Crippen LogP contribution in [0.3, 0.4) is 0 Å². The first-order chi connectivity index (χ1) is 10.4. The third kappa shape index (κ3) is 1.81. The van der Waals surface area contributed by atoms with E-state index in [0.29, 0.717) is 12.2 Å². The second kappa shape index (κ2) is 4.34. The van der Waals surface area contributed by atoms with E-state index < -0.39 is 0 Å². The SMILES string of the molecule is C=C1C(=O)O[C@@H]2C[C@@]3(C)CC[C@@H](OC(C)=O)[C@]4(CO4)[C@@H]3C[C@H]12. The van der Waals surface area contributed by atoms with Crippen molar-refractivity contribution in [2.24, 2.45) is 17.3 Å². The predicted octanol–water partition coefficient (Wildman–Crippen LogP) is 1.99. The Bertz CT molecular complexity index is 563. The fourth-order valence-electron chi connectivity index (χ4n) is 5.11. The maximum Gasteiger partial charge on any atom is 0.334 e. The van der Waals surface area contributed by atoms with Gasteiger partial charge >= 0.3 is 11.9 Å². The van der Waals surface area contributed by atoms with Crippen molar-refractivity contribution >= 4 is 11.9 Å². The Morgan fingerprint density at radius 1 is 1.45 bits per heavy atom. The summed E-state index contributed by atoms with van der Waals surface area (Å²) < 4.78 is 16.9. The first kappa shape index (κ1) is 14.2. The van der Waals surface area contributed by atoms with Gasteiger partial charge in [0.25, 0.3) is 0 Å². The minimum absolute atomic E-state index is 0.0395. The number of carbonyl (C=O) groups is 2. The van der Waals surface area contributed by atoms with E-state index >= 15 is 0 Å². The van der Waals surface area contributed by atoms with Crippen LogP contribution in [0.25, 0.3) is 0 Å². The Labute approximate surface area is 130 Å². The van der Waals surface area contributed by atoms with Crippen LogP contribution in [0.15, 0.2) is 12.2 Å². The molecule has 0 bridgehead atoms. The van der Waals surface area contributed by atoms with Crippen molar-refractivity contribution in [3.63, 3.8) is 0 Å². The molecule has 5 nitrogen and oxygen atoms in total. The van der Waals surface area contributed by atoms with Gasteiger partial charge in [0.1, 0.15) is 17.8 Å². The van der Waals surface area contributed by atoms with Gasteiger partial charge in [-0.2, -0.15) is 0 Å². The molecular formula is C17H22O5. The van der Waals surface area contributed by atoms with E-state index in [1.807, 2.05) is 0 Å². The summed E-state index contributed by atoms with van der Waals surface area (Å²) >= 11 is 0. The van der Waals surface area contributed by atoms with Crippen molar-refractivity contribution in [1.82, 2.24) is 0 Å². The molecule has 4 rings (SSSR count). The Hall–Kier alpha value is -1.36. The fraction of sp³-hybridized carbons (Fsp3) is 0.765.